The summed E-state index contributed by atoms with van der Waals surface area (Å²) >= 11 is 0. The second kappa shape index (κ2) is 4.70. The second-order valence-corrected chi connectivity index (χ2v) is 3.45. The number of hydrogen-bond acceptors (Lipinski definition) is 3. The van der Waals surface area contributed by atoms with Crippen molar-refractivity contribution in [2.45, 2.75) is 38.9 Å². The number of hydrogen-bond donors (Lipinski definition) is 2. The van der Waals surface area contributed by atoms with Crippen LogP contribution in [0.4, 0.5) is 0 Å². The second-order valence-electron chi connectivity index (χ2n) is 3.45. The highest BCUT2D eigenvalue weighted by Gasteiger charge is 2.15. The zero-order valence-electron chi connectivity index (χ0n) is 7.63. The molecule has 0 aliphatic carbocycles. The van der Waals surface area contributed by atoms with Gasteiger partial charge in [-0.3, -0.25) is 0 Å². The summed E-state index contributed by atoms with van der Waals surface area (Å²) < 4.78 is 5.40. The molecule has 0 saturated heterocycles. The molecule has 0 bridgehead atoms. The summed E-state index contributed by atoms with van der Waals surface area (Å²) in [7, 11) is 0. The minimum absolute atomic E-state index is 0.255. The van der Waals surface area contributed by atoms with Crippen LogP contribution >= 0.6 is 0 Å². The third-order valence-electron chi connectivity index (χ3n) is 1.52. The van der Waals surface area contributed by atoms with Crippen LogP contribution in [0.15, 0.2) is 0 Å². The van der Waals surface area contributed by atoms with Crippen LogP contribution in [-0.4, -0.2) is 30.0 Å². The van der Waals surface area contributed by atoms with Crippen molar-refractivity contribution in [2.75, 3.05) is 13.2 Å². The number of aliphatic hydroxyl groups is 1. The Labute approximate surface area is 68.5 Å². The van der Waals surface area contributed by atoms with E-state index in [1.807, 2.05) is 13.8 Å². The van der Waals surface area contributed by atoms with Crippen LogP contribution in [0.2, 0.25) is 0 Å². The van der Waals surface area contributed by atoms with Crippen molar-refractivity contribution >= 4 is 0 Å². The predicted octanol–water partition coefficient (Wildman–Crippen LogP) is 0.511. The van der Waals surface area contributed by atoms with E-state index < -0.39 is 0 Å². The Balaban J connectivity index is 3.38. The molecule has 0 fully saturated rings. The Hall–Kier alpha value is -0.120. The van der Waals surface area contributed by atoms with Gasteiger partial charge >= 0.3 is 0 Å². The van der Waals surface area contributed by atoms with Gasteiger partial charge in [-0.25, -0.2) is 0 Å². The number of aliphatic hydroxyl groups excluding tert-OH is 1. The van der Waals surface area contributed by atoms with Crippen molar-refractivity contribution < 1.29 is 9.84 Å². The molecule has 0 aromatic heterocycles. The lowest BCUT2D eigenvalue weighted by molar-refractivity contribution is -0.0229. The number of rotatable bonds is 5. The van der Waals surface area contributed by atoms with Crippen LogP contribution in [-0.2, 0) is 4.74 Å². The van der Waals surface area contributed by atoms with E-state index in [0.717, 1.165) is 0 Å². The van der Waals surface area contributed by atoms with Gasteiger partial charge in [0.15, 0.2) is 0 Å². The van der Waals surface area contributed by atoms with Gasteiger partial charge in [-0.2, -0.15) is 0 Å². The van der Waals surface area contributed by atoms with Crippen LogP contribution < -0.4 is 5.73 Å². The summed E-state index contributed by atoms with van der Waals surface area (Å²) in [6, 6.07) is 0. The van der Waals surface area contributed by atoms with Crippen LogP contribution in [0, 0.1) is 0 Å². The topological polar surface area (TPSA) is 55.5 Å². The minimum atomic E-state index is -0.288. The first-order chi connectivity index (χ1) is 4.98. The number of ether oxygens (including phenoxy) is 1. The Morgan fingerprint density at radius 1 is 1.55 bits per heavy atom. The van der Waals surface area contributed by atoms with E-state index in [9.17, 15) is 0 Å². The van der Waals surface area contributed by atoms with Crippen LogP contribution in [0.1, 0.15) is 27.2 Å². The summed E-state index contributed by atoms with van der Waals surface area (Å²) in [5.74, 6) is 0. The minimum Gasteiger partial charge on any atom is -0.393 e. The maximum atomic E-state index is 8.91. The third kappa shape index (κ3) is 6.28. The monoisotopic (exact) mass is 161 g/mol. The molecule has 1 atom stereocenters. The zero-order chi connectivity index (χ0) is 8.91. The molecule has 3 nitrogen and oxygen atoms in total. The van der Waals surface area contributed by atoms with Gasteiger partial charge in [-0.05, 0) is 27.2 Å². The van der Waals surface area contributed by atoms with E-state index in [1.54, 1.807) is 6.92 Å². The molecule has 0 aliphatic heterocycles. The molecule has 3 heteroatoms. The molecule has 0 aromatic carbocycles. The van der Waals surface area contributed by atoms with Crippen molar-refractivity contribution in [3.63, 3.8) is 0 Å². The highest BCUT2D eigenvalue weighted by Crippen LogP contribution is 2.07. The lowest BCUT2D eigenvalue weighted by Gasteiger charge is -2.23. The largest absolute Gasteiger partial charge is 0.393 e. The van der Waals surface area contributed by atoms with Gasteiger partial charge < -0.3 is 15.6 Å². The van der Waals surface area contributed by atoms with Crippen molar-refractivity contribution in [1.82, 2.24) is 0 Å². The SMILES string of the molecule is CC(O)CCOC(C)(C)CN. The van der Waals surface area contributed by atoms with Crippen molar-refractivity contribution in [3.05, 3.63) is 0 Å². The maximum Gasteiger partial charge on any atom is 0.0748 e. The molecule has 0 aromatic rings. The summed E-state index contributed by atoms with van der Waals surface area (Å²) in [6.07, 6.45) is 0.382. The van der Waals surface area contributed by atoms with Gasteiger partial charge in [0.25, 0.3) is 0 Å². The summed E-state index contributed by atoms with van der Waals surface area (Å²) in [6.45, 7) is 6.71. The van der Waals surface area contributed by atoms with E-state index in [4.69, 9.17) is 15.6 Å². The van der Waals surface area contributed by atoms with E-state index in [2.05, 4.69) is 0 Å². The average Bonchev–Trinajstić information content (AvgIpc) is 1.87. The molecule has 68 valence electrons. The van der Waals surface area contributed by atoms with Crippen LogP contribution in [0.25, 0.3) is 0 Å². The molecule has 3 N–H and O–H groups in total. The van der Waals surface area contributed by atoms with Gasteiger partial charge in [-0.1, -0.05) is 0 Å². The normalized spacial score (nSPS) is 15.0. The van der Waals surface area contributed by atoms with E-state index >= 15 is 0 Å². The summed E-state index contributed by atoms with van der Waals surface area (Å²) in [4.78, 5) is 0. The van der Waals surface area contributed by atoms with Gasteiger partial charge in [0.1, 0.15) is 0 Å². The lowest BCUT2D eigenvalue weighted by Crippen LogP contribution is -2.34. The molecular formula is C8H19NO2. The van der Waals surface area contributed by atoms with Gasteiger partial charge in [0.2, 0.25) is 0 Å². The molecule has 0 radical (unpaired) electrons. The number of nitrogens with two attached hydrogens (primary N) is 1. The zero-order valence-corrected chi connectivity index (χ0v) is 7.63. The summed E-state index contributed by atoms with van der Waals surface area (Å²) in [5, 5.41) is 8.91. The Bertz CT molecular complexity index is 102. The first-order valence-corrected chi connectivity index (χ1v) is 4.00. The Morgan fingerprint density at radius 2 is 2.09 bits per heavy atom. The smallest absolute Gasteiger partial charge is 0.0748 e. The van der Waals surface area contributed by atoms with Gasteiger partial charge in [-0.15, -0.1) is 0 Å². The summed E-state index contributed by atoms with van der Waals surface area (Å²) in [5.41, 5.74) is 5.18. The highest BCUT2D eigenvalue weighted by molar-refractivity contribution is 4.68. The molecule has 0 heterocycles. The molecule has 0 rings (SSSR count). The first kappa shape index (κ1) is 10.9. The fourth-order valence-corrected chi connectivity index (χ4v) is 0.565. The molecule has 1 unspecified atom stereocenters. The maximum absolute atomic E-state index is 8.91. The molecular weight excluding hydrogens is 142 g/mol. The lowest BCUT2D eigenvalue weighted by atomic mass is 10.1. The molecule has 0 spiro atoms. The molecule has 11 heavy (non-hydrogen) atoms. The van der Waals surface area contributed by atoms with E-state index in [-0.39, 0.29) is 11.7 Å². The Kier molecular flexibility index (Phi) is 4.65. The fourth-order valence-electron chi connectivity index (χ4n) is 0.565. The van der Waals surface area contributed by atoms with Crippen LogP contribution in [0.5, 0.6) is 0 Å². The Morgan fingerprint density at radius 3 is 2.45 bits per heavy atom. The van der Waals surface area contributed by atoms with Crippen LogP contribution in [0.3, 0.4) is 0 Å². The van der Waals surface area contributed by atoms with Gasteiger partial charge in [0, 0.05) is 13.2 Å². The molecule has 0 aliphatic rings. The predicted molar refractivity (Wildman–Crippen MR) is 45.4 cm³/mol. The standard InChI is InChI=1S/C8H19NO2/c1-7(10)4-5-11-8(2,3)6-9/h7,10H,4-6,9H2,1-3H3. The first-order valence-electron chi connectivity index (χ1n) is 4.00. The average molecular weight is 161 g/mol. The van der Waals surface area contributed by atoms with E-state index in [1.165, 1.54) is 0 Å². The van der Waals surface area contributed by atoms with Crippen molar-refractivity contribution in [1.29, 1.82) is 0 Å². The highest BCUT2D eigenvalue weighted by atomic mass is 16.5. The van der Waals surface area contributed by atoms with Gasteiger partial charge in [0.05, 0.1) is 11.7 Å². The van der Waals surface area contributed by atoms with Crippen molar-refractivity contribution in [3.8, 4) is 0 Å². The molecule has 0 saturated carbocycles. The quantitative estimate of drug-likeness (QED) is 0.617. The molecule has 0 amide bonds. The fraction of sp³-hybridized carbons (Fsp3) is 1.00. The third-order valence-corrected chi connectivity index (χ3v) is 1.52. The van der Waals surface area contributed by atoms with Crippen molar-refractivity contribution in [2.24, 2.45) is 5.73 Å². The van der Waals surface area contributed by atoms with E-state index in [0.29, 0.717) is 19.6 Å².